The zero-order valence-electron chi connectivity index (χ0n) is 6.17. The molecule has 0 aliphatic heterocycles. The molecule has 1 heterocycles. The number of nitrogen functional groups attached to an aromatic ring is 1. The van der Waals surface area contributed by atoms with E-state index in [9.17, 15) is 0 Å². The van der Waals surface area contributed by atoms with Crippen molar-refractivity contribution >= 4 is 21.7 Å². The molecule has 0 amide bonds. The van der Waals surface area contributed by atoms with Crippen molar-refractivity contribution in [2.75, 3.05) is 12.3 Å². The average molecular weight is 217 g/mol. The normalized spacial score (nSPS) is 9.64. The minimum absolute atomic E-state index is 0.469. The monoisotopic (exact) mass is 216 g/mol. The number of halogens is 1. The van der Waals surface area contributed by atoms with Gasteiger partial charge < -0.3 is 10.5 Å². The van der Waals surface area contributed by atoms with E-state index >= 15 is 0 Å². The Balaban J connectivity index is 2.93. The molecular formula is C7H9BrN2O. The molecule has 2 N–H and O–H groups in total. The molecule has 0 aliphatic carbocycles. The summed E-state index contributed by atoms with van der Waals surface area (Å²) >= 11 is 3.29. The minimum atomic E-state index is 0.469. The Labute approximate surface area is 73.7 Å². The molecule has 0 aromatic carbocycles. The fourth-order valence-corrected chi connectivity index (χ4v) is 1.01. The first-order valence-corrected chi connectivity index (χ1v) is 4.08. The van der Waals surface area contributed by atoms with Crippen LogP contribution in [-0.4, -0.2) is 11.6 Å². The molecule has 4 heteroatoms. The largest absolute Gasteiger partial charge is 0.477 e. The van der Waals surface area contributed by atoms with E-state index in [0.717, 1.165) is 4.47 Å². The van der Waals surface area contributed by atoms with Crippen LogP contribution in [0, 0.1) is 0 Å². The van der Waals surface area contributed by atoms with Crippen LogP contribution in [0.4, 0.5) is 5.82 Å². The van der Waals surface area contributed by atoms with Gasteiger partial charge in [-0.15, -0.1) is 0 Å². The highest BCUT2D eigenvalue weighted by Crippen LogP contribution is 2.22. The fraction of sp³-hybridized carbons (Fsp3) is 0.286. The molecule has 0 bridgehead atoms. The summed E-state index contributed by atoms with van der Waals surface area (Å²) in [7, 11) is 0. The number of ether oxygens (including phenoxy) is 1. The number of hydrogen-bond donors (Lipinski definition) is 1. The van der Waals surface area contributed by atoms with Gasteiger partial charge in [0.2, 0.25) is 5.88 Å². The van der Waals surface area contributed by atoms with Crippen LogP contribution in [0.15, 0.2) is 16.6 Å². The molecule has 0 saturated carbocycles. The molecule has 1 rings (SSSR count). The first kappa shape index (κ1) is 8.33. The van der Waals surface area contributed by atoms with E-state index in [-0.39, 0.29) is 0 Å². The Morgan fingerprint density at radius 2 is 2.36 bits per heavy atom. The SMILES string of the molecule is CCOc1nc(N)ccc1Br. The summed E-state index contributed by atoms with van der Waals surface area (Å²) in [6.45, 7) is 2.49. The lowest BCUT2D eigenvalue weighted by Crippen LogP contribution is -1.97. The summed E-state index contributed by atoms with van der Waals surface area (Å²) < 4.78 is 6.01. The van der Waals surface area contributed by atoms with Crippen molar-refractivity contribution in [3.05, 3.63) is 16.6 Å². The van der Waals surface area contributed by atoms with Gasteiger partial charge in [-0.25, -0.2) is 0 Å². The van der Waals surface area contributed by atoms with E-state index in [2.05, 4.69) is 20.9 Å². The molecule has 1 aromatic rings. The molecule has 3 nitrogen and oxygen atoms in total. The second-order valence-corrected chi connectivity index (χ2v) is 2.81. The smallest absolute Gasteiger partial charge is 0.229 e. The van der Waals surface area contributed by atoms with Crippen LogP contribution >= 0.6 is 15.9 Å². The summed E-state index contributed by atoms with van der Waals surface area (Å²) in [5.41, 5.74) is 5.45. The van der Waals surface area contributed by atoms with Crippen molar-refractivity contribution in [1.82, 2.24) is 4.98 Å². The molecule has 0 unspecified atom stereocenters. The van der Waals surface area contributed by atoms with Gasteiger partial charge >= 0.3 is 0 Å². The quantitative estimate of drug-likeness (QED) is 0.821. The van der Waals surface area contributed by atoms with Crippen molar-refractivity contribution in [3.63, 3.8) is 0 Å². The lowest BCUT2D eigenvalue weighted by atomic mass is 10.4. The summed E-state index contributed by atoms with van der Waals surface area (Å²) in [5.74, 6) is 1.02. The van der Waals surface area contributed by atoms with E-state index in [0.29, 0.717) is 18.3 Å². The van der Waals surface area contributed by atoms with Crippen molar-refractivity contribution < 1.29 is 4.74 Å². The van der Waals surface area contributed by atoms with E-state index in [1.807, 2.05) is 13.0 Å². The maximum Gasteiger partial charge on any atom is 0.229 e. The van der Waals surface area contributed by atoms with E-state index in [4.69, 9.17) is 10.5 Å². The van der Waals surface area contributed by atoms with Gasteiger partial charge in [-0.3, -0.25) is 0 Å². The highest BCUT2D eigenvalue weighted by Gasteiger charge is 2.00. The summed E-state index contributed by atoms with van der Waals surface area (Å²) in [6.07, 6.45) is 0. The summed E-state index contributed by atoms with van der Waals surface area (Å²) in [6, 6.07) is 3.53. The molecule has 0 atom stereocenters. The predicted molar refractivity (Wildman–Crippen MR) is 47.5 cm³/mol. The molecule has 0 aliphatic rings. The highest BCUT2D eigenvalue weighted by molar-refractivity contribution is 9.10. The first-order valence-electron chi connectivity index (χ1n) is 3.29. The Morgan fingerprint density at radius 3 is 3.00 bits per heavy atom. The molecule has 0 radical (unpaired) electrons. The lowest BCUT2D eigenvalue weighted by Gasteiger charge is -2.03. The van der Waals surface area contributed by atoms with Gasteiger partial charge in [0.25, 0.3) is 0 Å². The number of hydrogen-bond acceptors (Lipinski definition) is 3. The van der Waals surface area contributed by atoms with Crippen LogP contribution in [0.2, 0.25) is 0 Å². The summed E-state index contributed by atoms with van der Waals surface area (Å²) in [5, 5.41) is 0. The Morgan fingerprint density at radius 1 is 1.64 bits per heavy atom. The van der Waals surface area contributed by atoms with Crippen molar-refractivity contribution in [2.45, 2.75) is 6.92 Å². The van der Waals surface area contributed by atoms with Crippen LogP contribution in [0.5, 0.6) is 5.88 Å². The Kier molecular flexibility index (Phi) is 2.70. The fourth-order valence-electron chi connectivity index (χ4n) is 0.676. The summed E-state index contributed by atoms with van der Waals surface area (Å²) in [4.78, 5) is 3.97. The third-order valence-corrected chi connectivity index (χ3v) is 1.72. The van der Waals surface area contributed by atoms with E-state index < -0.39 is 0 Å². The van der Waals surface area contributed by atoms with Gasteiger partial charge in [-0.1, -0.05) is 0 Å². The van der Waals surface area contributed by atoms with Gasteiger partial charge in [-0.05, 0) is 35.0 Å². The van der Waals surface area contributed by atoms with Crippen LogP contribution in [0.25, 0.3) is 0 Å². The van der Waals surface area contributed by atoms with Crippen LogP contribution in [0.1, 0.15) is 6.92 Å². The van der Waals surface area contributed by atoms with Gasteiger partial charge in [-0.2, -0.15) is 4.98 Å². The molecule has 0 saturated heterocycles. The molecule has 1 aromatic heterocycles. The maximum atomic E-state index is 5.45. The number of aromatic nitrogens is 1. The number of nitrogens with zero attached hydrogens (tertiary/aromatic N) is 1. The van der Waals surface area contributed by atoms with Crippen molar-refractivity contribution in [3.8, 4) is 5.88 Å². The molecule has 0 spiro atoms. The van der Waals surface area contributed by atoms with Gasteiger partial charge in [0, 0.05) is 0 Å². The van der Waals surface area contributed by atoms with Crippen molar-refractivity contribution in [2.24, 2.45) is 0 Å². The first-order chi connectivity index (χ1) is 5.24. The molecule has 0 fully saturated rings. The Hall–Kier alpha value is -0.770. The van der Waals surface area contributed by atoms with Crippen molar-refractivity contribution in [1.29, 1.82) is 0 Å². The molecular weight excluding hydrogens is 208 g/mol. The topological polar surface area (TPSA) is 48.1 Å². The van der Waals surface area contributed by atoms with E-state index in [1.54, 1.807) is 6.07 Å². The van der Waals surface area contributed by atoms with E-state index in [1.165, 1.54) is 0 Å². The third kappa shape index (κ3) is 2.08. The standard InChI is InChI=1S/C7H9BrN2O/c1-2-11-7-5(8)3-4-6(9)10-7/h3-4H,2H2,1H3,(H2,9,10). The minimum Gasteiger partial charge on any atom is -0.477 e. The average Bonchev–Trinajstić information content (AvgIpc) is 1.98. The molecule has 11 heavy (non-hydrogen) atoms. The van der Waals surface area contributed by atoms with Crippen LogP contribution in [-0.2, 0) is 0 Å². The number of anilines is 1. The Bertz CT molecular complexity index is 252. The lowest BCUT2D eigenvalue weighted by molar-refractivity contribution is 0.325. The maximum absolute atomic E-state index is 5.45. The second kappa shape index (κ2) is 3.57. The van der Waals surface area contributed by atoms with Crippen LogP contribution < -0.4 is 10.5 Å². The van der Waals surface area contributed by atoms with Gasteiger partial charge in [0.15, 0.2) is 0 Å². The predicted octanol–water partition coefficient (Wildman–Crippen LogP) is 1.82. The third-order valence-electron chi connectivity index (χ3n) is 1.12. The zero-order valence-corrected chi connectivity index (χ0v) is 7.76. The number of pyridine rings is 1. The number of nitrogens with two attached hydrogens (primary N) is 1. The van der Waals surface area contributed by atoms with Gasteiger partial charge in [0.05, 0.1) is 11.1 Å². The molecule has 60 valence electrons. The highest BCUT2D eigenvalue weighted by atomic mass is 79.9. The van der Waals surface area contributed by atoms with Gasteiger partial charge in [0.1, 0.15) is 5.82 Å². The van der Waals surface area contributed by atoms with Crippen LogP contribution in [0.3, 0.4) is 0 Å². The number of rotatable bonds is 2. The second-order valence-electron chi connectivity index (χ2n) is 1.96. The zero-order chi connectivity index (χ0) is 8.27.